The van der Waals surface area contributed by atoms with Gasteiger partial charge in [0.2, 0.25) is 0 Å². The van der Waals surface area contributed by atoms with Crippen LogP contribution in [0.25, 0.3) is 26.9 Å². The lowest BCUT2D eigenvalue weighted by Gasteiger charge is -2.07. The number of rotatable bonds is 3. The van der Waals surface area contributed by atoms with Crippen molar-refractivity contribution in [1.29, 1.82) is 0 Å². The van der Waals surface area contributed by atoms with Crippen LogP contribution in [-0.2, 0) is 6.42 Å². The standard InChI is InChI=1S/C17H15NS/c1-3-12-8-7-9-14(13(12)4-2)17-18-15-10-5-6-11-16(15)19-17/h4-11H,2-3H2,1H3. The Hall–Kier alpha value is -1.93. The van der Waals surface area contributed by atoms with Crippen molar-refractivity contribution in [3.05, 3.63) is 60.2 Å². The second-order valence-electron chi connectivity index (χ2n) is 4.42. The molecule has 94 valence electrons. The Morgan fingerprint density at radius 3 is 2.74 bits per heavy atom. The Labute approximate surface area is 117 Å². The maximum absolute atomic E-state index is 4.74. The largest absolute Gasteiger partial charge is 0.236 e. The van der Waals surface area contributed by atoms with Crippen molar-refractivity contribution < 1.29 is 0 Å². The van der Waals surface area contributed by atoms with Crippen LogP contribution in [0.5, 0.6) is 0 Å². The van der Waals surface area contributed by atoms with E-state index in [2.05, 4.69) is 49.9 Å². The Morgan fingerprint density at radius 1 is 1.16 bits per heavy atom. The number of fused-ring (bicyclic) bond motifs is 1. The van der Waals surface area contributed by atoms with Crippen molar-refractivity contribution in [3.63, 3.8) is 0 Å². The van der Waals surface area contributed by atoms with E-state index in [0.29, 0.717) is 0 Å². The first kappa shape index (κ1) is 12.1. The minimum Gasteiger partial charge on any atom is -0.236 e. The van der Waals surface area contributed by atoms with E-state index in [1.54, 1.807) is 11.3 Å². The molecule has 19 heavy (non-hydrogen) atoms. The second-order valence-corrected chi connectivity index (χ2v) is 5.45. The Morgan fingerprint density at radius 2 is 2.00 bits per heavy atom. The second kappa shape index (κ2) is 4.98. The summed E-state index contributed by atoms with van der Waals surface area (Å²) < 4.78 is 1.23. The first-order chi connectivity index (χ1) is 9.33. The van der Waals surface area contributed by atoms with E-state index in [1.165, 1.54) is 21.4 Å². The molecule has 1 heterocycles. The van der Waals surface area contributed by atoms with E-state index in [0.717, 1.165) is 16.9 Å². The summed E-state index contributed by atoms with van der Waals surface area (Å²) in [6.07, 6.45) is 2.96. The zero-order chi connectivity index (χ0) is 13.2. The van der Waals surface area contributed by atoms with Gasteiger partial charge in [-0.05, 0) is 29.7 Å². The topological polar surface area (TPSA) is 12.9 Å². The van der Waals surface area contributed by atoms with Gasteiger partial charge in [-0.25, -0.2) is 4.98 Å². The van der Waals surface area contributed by atoms with Crippen molar-refractivity contribution >= 4 is 27.6 Å². The molecule has 1 aromatic heterocycles. The molecule has 0 amide bonds. The average Bonchev–Trinajstić information content (AvgIpc) is 2.89. The monoisotopic (exact) mass is 265 g/mol. The normalized spacial score (nSPS) is 10.8. The quantitative estimate of drug-likeness (QED) is 0.636. The molecule has 0 aliphatic heterocycles. The number of para-hydroxylation sites is 1. The molecule has 0 saturated heterocycles. The number of thiazole rings is 1. The van der Waals surface area contributed by atoms with Crippen molar-refractivity contribution in [2.45, 2.75) is 13.3 Å². The number of hydrogen-bond donors (Lipinski definition) is 0. The van der Waals surface area contributed by atoms with Gasteiger partial charge in [0, 0.05) is 5.56 Å². The van der Waals surface area contributed by atoms with Crippen LogP contribution >= 0.6 is 11.3 Å². The molecule has 2 heteroatoms. The van der Waals surface area contributed by atoms with Gasteiger partial charge >= 0.3 is 0 Å². The highest BCUT2D eigenvalue weighted by molar-refractivity contribution is 7.21. The van der Waals surface area contributed by atoms with E-state index in [4.69, 9.17) is 4.98 Å². The van der Waals surface area contributed by atoms with Gasteiger partial charge in [-0.1, -0.05) is 49.9 Å². The lowest BCUT2D eigenvalue weighted by atomic mass is 9.99. The van der Waals surface area contributed by atoms with E-state index in [1.807, 2.05) is 12.1 Å². The zero-order valence-electron chi connectivity index (χ0n) is 10.9. The van der Waals surface area contributed by atoms with Gasteiger partial charge in [0.15, 0.2) is 0 Å². The van der Waals surface area contributed by atoms with Crippen molar-refractivity contribution in [3.8, 4) is 10.6 Å². The average molecular weight is 265 g/mol. The van der Waals surface area contributed by atoms with Gasteiger partial charge in [0.25, 0.3) is 0 Å². The molecule has 0 bridgehead atoms. The number of hydrogen-bond acceptors (Lipinski definition) is 2. The van der Waals surface area contributed by atoms with Crippen LogP contribution in [-0.4, -0.2) is 4.98 Å². The highest BCUT2D eigenvalue weighted by Gasteiger charge is 2.10. The number of aromatic nitrogens is 1. The molecular weight excluding hydrogens is 250 g/mol. The highest BCUT2D eigenvalue weighted by Crippen LogP contribution is 2.33. The predicted molar refractivity (Wildman–Crippen MR) is 84.5 cm³/mol. The molecule has 0 aliphatic rings. The molecule has 1 nitrogen and oxygen atoms in total. The fraction of sp³-hybridized carbons (Fsp3) is 0.118. The summed E-state index contributed by atoms with van der Waals surface area (Å²) in [5.41, 5.74) is 4.80. The minimum atomic E-state index is 1.01. The maximum Gasteiger partial charge on any atom is 0.125 e. The zero-order valence-corrected chi connectivity index (χ0v) is 11.7. The van der Waals surface area contributed by atoms with E-state index >= 15 is 0 Å². The Bertz CT molecular complexity index is 707. The fourth-order valence-electron chi connectivity index (χ4n) is 2.34. The third-order valence-electron chi connectivity index (χ3n) is 3.31. The third-order valence-corrected chi connectivity index (χ3v) is 4.38. The van der Waals surface area contributed by atoms with E-state index in [-0.39, 0.29) is 0 Å². The van der Waals surface area contributed by atoms with Gasteiger partial charge in [-0.3, -0.25) is 0 Å². The van der Waals surface area contributed by atoms with Crippen LogP contribution in [0.1, 0.15) is 18.1 Å². The molecule has 3 rings (SSSR count). The first-order valence-electron chi connectivity index (χ1n) is 6.43. The molecule has 0 N–H and O–H groups in total. The number of nitrogens with zero attached hydrogens (tertiary/aromatic N) is 1. The van der Waals surface area contributed by atoms with Crippen LogP contribution < -0.4 is 0 Å². The number of aryl methyl sites for hydroxylation is 1. The van der Waals surface area contributed by atoms with Gasteiger partial charge < -0.3 is 0 Å². The Kier molecular flexibility index (Phi) is 3.18. The molecule has 0 spiro atoms. The summed E-state index contributed by atoms with van der Waals surface area (Å²) in [6, 6.07) is 14.7. The van der Waals surface area contributed by atoms with E-state index < -0.39 is 0 Å². The van der Waals surface area contributed by atoms with E-state index in [9.17, 15) is 0 Å². The molecule has 0 unspecified atom stereocenters. The maximum atomic E-state index is 4.74. The van der Waals surface area contributed by atoms with Crippen LogP contribution in [0.2, 0.25) is 0 Å². The SMILES string of the molecule is C=Cc1c(CC)cccc1-c1nc2ccccc2s1. The number of benzene rings is 2. The molecule has 0 aliphatic carbocycles. The summed E-state index contributed by atoms with van der Waals surface area (Å²) in [5.74, 6) is 0. The minimum absolute atomic E-state index is 1.01. The molecule has 0 saturated carbocycles. The molecule has 0 fully saturated rings. The van der Waals surface area contributed by atoms with Crippen LogP contribution in [0.15, 0.2) is 49.0 Å². The van der Waals surface area contributed by atoms with Gasteiger partial charge in [-0.15, -0.1) is 11.3 Å². The molecule has 0 atom stereocenters. The summed E-state index contributed by atoms with van der Waals surface area (Å²) in [4.78, 5) is 4.74. The van der Waals surface area contributed by atoms with Crippen LogP contribution in [0.3, 0.4) is 0 Å². The lowest BCUT2D eigenvalue weighted by molar-refractivity contribution is 1.13. The van der Waals surface area contributed by atoms with Gasteiger partial charge in [0.05, 0.1) is 10.2 Å². The molecular formula is C17H15NS. The molecule has 0 radical (unpaired) electrons. The van der Waals surface area contributed by atoms with Crippen molar-refractivity contribution in [2.24, 2.45) is 0 Å². The fourth-order valence-corrected chi connectivity index (χ4v) is 3.34. The summed E-state index contributed by atoms with van der Waals surface area (Å²) >= 11 is 1.74. The van der Waals surface area contributed by atoms with Gasteiger partial charge in [0.1, 0.15) is 5.01 Å². The molecule has 3 aromatic rings. The summed E-state index contributed by atoms with van der Waals surface area (Å²) in [5, 5.41) is 1.08. The predicted octanol–water partition coefficient (Wildman–Crippen LogP) is 5.17. The summed E-state index contributed by atoms with van der Waals surface area (Å²) in [7, 11) is 0. The van der Waals surface area contributed by atoms with Crippen LogP contribution in [0, 0.1) is 0 Å². The highest BCUT2D eigenvalue weighted by atomic mass is 32.1. The smallest absolute Gasteiger partial charge is 0.125 e. The third kappa shape index (κ3) is 2.08. The first-order valence-corrected chi connectivity index (χ1v) is 7.25. The van der Waals surface area contributed by atoms with Crippen molar-refractivity contribution in [2.75, 3.05) is 0 Å². The van der Waals surface area contributed by atoms with Crippen molar-refractivity contribution in [1.82, 2.24) is 4.98 Å². The molecule has 2 aromatic carbocycles. The Balaban J connectivity index is 2.23. The van der Waals surface area contributed by atoms with Crippen LogP contribution in [0.4, 0.5) is 0 Å². The summed E-state index contributed by atoms with van der Waals surface area (Å²) in [6.45, 7) is 6.13. The lowest BCUT2D eigenvalue weighted by Crippen LogP contribution is -1.90. The van der Waals surface area contributed by atoms with Gasteiger partial charge in [-0.2, -0.15) is 0 Å².